The molecule has 1 aliphatic rings. The van der Waals surface area contributed by atoms with Crippen LogP contribution in [-0.4, -0.2) is 16.5 Å². The fourth-order valence-electron chi connectivity index (χ4n) is 2.90. The summed E-state index contributed by atoms with van der Waals surface area (Å²) in [6, 6.07) is 15.6. The summed E-state index contributed by atoms with van der Waals surface area (Å²) >= 11 is 1.52. The van der Waals surface area contributed by atoms with Gasteiger partial charge in [0.15, 0.2) is 0 Å². The zero-order valence-electron chi connectivity index (χ0n) is 14.1. The molecule has 0 radical (unpaired) electrons. The fourth-order valence-corrected chi connectivity index (χ4v) is 4.03. The number of benzene rings is 1. The molecule has 3 aromatic rings. The highest BCUT2D eigenvalue weighted by atomic mass is 32.1. The van der Waals surface area contributed by atoms with Crippen molar-refractivity contribution in [2.45, 2.75) is 26.5 Å². The molecule has 0 atom stereocenters. The minimum atomic E-state index is -0.0584. The van der Waals surface area contributed by atoms with Crippen LogP contribution < -0.4 is 10.2 Å². The van der Waals surface area contributed by atoms with Crippen LogP contribution in [0.15, 0.2) is 59.7 Å². The number of nitrogens with zero attached hydrogens (tertiary/aromatic N) is 2. The van der Waals surface area contributed by atoms with E-state index < -0.39 is 0 Å². The standard InChI is InChI=1S/C20H18N2O2S/c1-13(2)21-18-9-5-6-10-22(18)20(23)17-11-14-12-24-16-8-4-3-7-15(16)19(14)25-17/h3-11,13H,12H2,1-2H3. The molecule has 126 valence electrons. The third kappa shape index (κ3) is 2.91. The molecule has 25 heavy (non-hydrogen) atoms. The fraction of sp³-hybridized carbons (Fsp3) is 0.200. The predicted molar refractivity (Wildman–Crippen MR) is 98.9 cm³/mol. The van der Waals surface area contributed by atoms with E-state index in [0.717, 1.165) is 21.8 Å². The van der Waals surface area contributed by atoms with Crippen molar-refractivity contribution in [3.05, 3.63) is 70.7 Å². The molecule has 0 bridgehead atoms. The highest BCUT2D eigenvalue weighted by molar-refractivity contribution is 7.17. The van der Waals surface area contributed by atoms with Crippen LogP contribution in [0.2, 0.25) is 0 Å². The topological polar surface area (TPSA) is 43.6 Å². The molecule has 0 spiro atoms. The number of ether oxygens (including phenoxy) is 1. The van der Waals surface area contributed by atoms with E-state index in [9.17, 15) is 4.79 Å². The van der Waals surface area contributed by atoms with Gasteiger partial charge >= 0.3 is 0 Å². The van der Waals surface area contributed by atoms with Gasteiger partial charge in [-0.15, -0.1) is 11.3 Å². The average Bonchev–Trinajstić information content (AvgIpc) is 3.06. The minimum Gasteiger partial charge on any atom is -0.488 e. The Balaban J connectivity index is 1.79. The molecule has 0 N–H and O–H groups in total. The molecular weight excluding hydrogens is 332 g/mol. The molecule has 3 heterocycles. The number of pyridine rings is 1. The molecule has 0 saturated heterocycles. The summed E-state index contributed by atoms with van der Waals surface area (Å²) in [5.41, 5.74) is 2.79. The number of carbonyl (C=O) groups excluding carboxylic acids is 1. The minimum absolute atomic E-state index is 0.0584. The third-order valence-corrected chi connectivity index (χ3v) is 5.18. The van der Waals surface area contributed by atoms with Crippen LogP contribution in [-0.2, 0) is 6.61 Å². The first-order valence-electron chi connectivity index (χ1n) is 8.24. The van der Waals surface area contributed by atoms with Crippen LogP contribution in [0, 0.1) is 0 Å². The molecule has 0 aliphatic carbocycles. The van der Waals surface area contributed by atoms with Gasteiger partial charge in [0.05, 0.1) is 4.88 Å². The lowest BCUT2D eigenvalue weighted by molar-refractivity contribution is 0.0958. The molecule has 5 heteroatoms. The molecule has 1 aliphatic heterocycles. The van der Waals surface area contributed by atoms with Gasteiger partial charge in [0.2, 0.25) is 0 Å². The van der Waals surface area contributed by atoms with Gasteiger partial charge in [-0.2, -0.15) is 0 Å². The van der Waals surface area contributed by atoms with Gasteiger partial charge in [0.1, 0.15) is 17.8 Å². The largest absolute Gasteiger partial charge is 0.488 e. The second-order valence-corrected chi connectivity index (χ2v) is 7.26. The van der Waals surface area contributed by atoms with Crippen LogP contribution >= 0.6 is 11.3 Å². The molecule has 0 saturated carbocycles. The molecule has 0 fully saturated rings. The Labute approximate surface area is 150 Å². The van der Waals surface area contributed by atoms with Gasteiger partial charge in [-0.1, -0.05) is 18.2 Å². The first-order chi connectivity index (χ1) is 12.1. The molecule has 4 nitrogen and oxygen atoms in total. The number of para-hydroxylation sites is 1. The SMILES string of the molecule is CC(C)N=c1ccccn1C(=O)c1cc2c(s1)-c1ccccc1OC2. The van der Waals surface area contributed by atoms with E-state index in [2.05, 4.69) is 4.99 Å². The highest BCUT2D eigenvalue weighted by Crippen LogP contribution is 2.42. The smallest absolute Gasteiger partial charge is 0.273 e. The predicted octanol–water partition coefficient (Wildman–Crippen LogP) is 4.11. The quantitative estimate of drug-likeness (QED) is 0.698. The van der Waals surface area contributed by atoms with E-state index in [1.54, 1.807) is 10.8 Å². The average molecular weight is 350 g/mol. The van der Waals surface area contributed by atoms with Crippen molar-refractivity contribution in [1.29, 1.82) is 0 Å². The maximum atomic E-state index is 13.1. The first kappa shape index (κ1) is 15.8. The summed E-state index contributed by atoms with van der Waals surface area (Å²) < 4.78 is 7.41. The van der Waals surface area contributed by atoms with Gasteiger partial charge in [0.25, 0.3) is 5.91 Å². The molecule has 1 aromatic carbocycles. The Bertz CT molecular complexity index is 1010. The molecule has 2 aromatic heterocycles. The van der Waals surface area contributed by atoms with Crippen molar-refractivity contribution in [1.82, 2.24) is 4.57 Å². The summed E-state index contributed by atoms with van der Waals surface area (Å²) in [5, 5.41) is 0. The van der Waals surface area contributed by atoms with E-state index >= 15 is 0 Å². The zero-order chi connectivity index (χ0) is 17.4. The van der Waals surface area contributed by atoms with Gasteiger partial charge in [-0.25, -0.2) is 0 Å². The van der Waals surface area contributed by atoms with Crippen LogP contribution in [0.3, 0.4) is 0 Å². The van der Waals surface area contributed by atoms with E-state index in [1.165, 1.54) is 11.3 Å². The number of hydrogen-bond acceptors (Lipinski definition) is 4. The van der Waals surface area contributed by atoms with E-state index in [0.29, 0.717) is 17.0 Å². The lowest BCUT2D eigenvalue weighted by atomic mass is 10.1. The lowest BCUT2D eigenvalue weighted by Gasteiger charge is -2.16. The maximum Gasteiger partial charge on any atom is 0.273 e. The summed E-state index contributed by atoms with van der Waals surface area (Å²) in [4.78, 5) is 19.4. The molecule has 0 unspecified atom stereocenters. The maximum absolute atomic E-state index is 13.1. The van der Waals surface area contributed by atoms with E-state index in [-0.39, 0.29) is 11.9 Å². The Morgan fingerprint density at radius 3 is 2.84 bits per heavy atom. The van der Waals surface area contributed by atoms with Gasteiger partial charge in [0, 0.05) is 28.2 Å². The highest BCUT2D eigenvalue weighted by Gasteiger charge is 2.23. The molecule has 0 amide bonds. The second-order valence-electron chi connectivity index (χ2n) is 6.21. The van der Waals surface area contributed by atoms with Crippen molar-refractivity contribution in [2.75, 3.05) is 0 Å². The molecular formula is C20H18N2O2S. The Morgan fingerprint density at radius 1 is 1.20 bits per heavy atom. The lowest BCUT2D eigenvalue weighted by Crippen LogP contribution is -2.27. The third-order valence-electron chi connectivity index (χ3n) is 3.98. The van der Waals surface area contributed by atoms with Crippen molar-refractivity contribution in [3.63, 3.8) is 0 Å². The number of aromatic nitrogens is 1. The normalized spacial score (nSPS) is 13.3. The second kappa shape index (κ2) is 6.33. The van der Waals surface area contributed by atoms with E-state index in [1.807, 2.05) is 62.4 Å². The number of rotatable bonds is 2. The monoisotopic (exact) mass is 350 g/mol. The Hall–Kier alpha value is -2.66. The van der Waals surface area contributed by atoms with Crippen LogP contribution in [0.5, 0.6) is 5.75 Å². The number of carbonyl (C=O) groups is 1. The number of thiophene rings is 1. The summed E-state index contributed by atoms with van der Waals surface area (Å²) in [6.45, 7) is 4.50. The van der Waals surface area contributed by atoms with Crippen molar-refractivity contribution in [2.24, 2.45) is 4.99 Å². The number of fused-ring (bicyclic) bond motifs is 3. The summed E-state index contributed by atoms with van der Waals surface area (Å²) in [5.74, 6) is 0.815. The van der Waals surface area contributed by atoms with Crippen molar-refractivity contribution < 1.29 is 9.53 Å². The van der Waals surface area contributed by atoms with Crippen molar-refractivity contribution in [3.8, 4) is 16.2 Å². The summed E-state index contributed by atoms with van der Waals surface area (Å²) in [7, 11) is 0. The summed E-state index contributed by atoms with van der Waals surface area (Å²) in [6.07, 6.45) is 1.77. The zero-order valence-corrected chi connectivity index (χ0v) is 14.9. The Morgan fingerprint density at radius 2 is 2.00 bits per heavy atom. The van der Waals surface area contributed by atoms with E-state index in [4.69, 9.17) is 4.74 Å². The van der Waals surface area contributed by atoms with Crippen LogP contribution in [0.25, 0.3) is 10.4 Å². The number of hydrogen-bond donors (Lipinski definition) is 0. The molecule has 4 rings (SSSR count). The van der Waals surface area contributed by atoms with Gasteiger partial charge in [-0.3, -0.25) is 14.4 Å². The Kier molecular flexibility index (Phi) is 4.01. The first-order valence-corrected chi connectivity index (χ1v) is 9.06. The van der Waals surface area contributed by atoms with Crippen LogP contribution in [0.1, 0.15) is 29.1 Å². The van der Waals surface area contributed by atoms with Gasteiger partial charge < -0.3 is 4.74 Å². The van der Waals surface area contributed by atoms with Crippen molar-refractivity contribution >= 4 is 17.2 Å². The van der Waals surface area contributed by atoms with Crippen LogP contribution in [0.4, 0.5) is 0 Å². The van der Waals surface area contributed by atoms with Gasteiger partial charge in [-0.05, 0) is 44.2 Å².